The number of carbonyl (C=O) groups excluding carboxylic acids is 1. The molecule has 1 atom stereocenters. The van der Waals surface area contributed by atoms with Crippen molar-refractivity contribution in [2.75, 3.05) is 31.6 Å². The number of aliphatic carboxylic acids is 2. The molecule has 1 aliphatic rings. The first kappa shape index (κ1) is 24.3. The van der Waals surface area contributed by atoms with Gasteiger partial charge in [-0.05, 0) is 36.9 Å². The molecule has 1 aliphatic heterocycles. The van der Waals surface area contributed by atoms with Gasteiger partial charge >= 0.3 is 11.9 Å². The van der Waals surface area contributed by atoms with Crippen molar-refractivity contribution in [3.63, 3.8) is 0 Å². The molecule has 162 valence electrons. The van der Waals surface area contributed by atoms with Crippen LogP contribution in [-0.2, 0) is 14.4 Å². The summed E-state index contributed by atoms with van der Waals surface area (Å²) in [5.74, 6) is -1.02. The van der Waals surface area contributed by atoms with Gasteiger partial charge in [0.1, 0.15) is 0 Å². The Morgan fingerprint density at radius 1 is 1.16 bits per heavy atom. The highest BCUT2D eigenvalue weighted by Crippen LogP contribution is 2.45. The molecule has 0 saturated carbocycles. The second-order valence-electron chi connectivity index (χ2n) is 6.62. The van der Waals surface area contributed by atoms with Crippen molar-refractivity contribution in [2.24, 2.45) is 0 Å². The number of halogens is 1. The number of hydrogen-bond acceptors (Lipinski definition) is 5. The standard InChI is InChI=1S/C20H19ClN2OS.C2H2O4/c1-3-12-22(2)14-20(24)23-13-19(15-8-10-16(21)11-9-15)25-18-7-5-4-6-17(18)23;3-1(4)2(5)6/h1,4-11,19H,12-14H2,2H3;(H,3,4)(H,5,6). The van der Waals surface area contributed by atoms with Crippen LogP contribution in [-0.4, -0.2) is 59.6 Å². The van der Waals surface area contributed by atoms with Gasteiger partial charge in [0.2, 0.25) is 5.91 Å². The van der Waals surface area contributed by atoms with E-state index >= 15 is 0 Å². The lowest BCUT2D eigenvalue weighted by Gasteiger charge is -2.35. The highest BCUT2D eigenvalue weighted by molar-refractivity contribution is 7.99. The van der Waals surface area contributed by atoms with E-state index in [1.807, 2.05) is 59.3 Å². The summed E-state index contributed by atoms with van der Waals surface area (Å²) in [5.41, 5.74) is 2.13. The second kappa shape index (κ2) is 11.4. The molecule has 0 fully saturated rings. The average molecular weight is 461 g/mol. The van der Waals surface area contributed by atoms with Crippen molar-refractivity contribution >= 4 is 46.9 Å². The summed E-state index contributed by atoms with van der Waals surface area (Å²) in [5, 5.41) is 15.7. The van der Waals surface area contributed by atoms with Gasteiger partial charge in [-0.3, -0.25) is 9.69 Å². The number of carboxylic acid groups (broad SMARTS) is 2. The predicted octanol–water partition coefficient (Wildman–Crippen LogP) is 3.24. The largest absolute Gasteiger partial charge is 0.473 e. The Bertz CT molecular complexity index is 978. The number of fused-ring (bicyclic) bond motifs is 1. The van der Waals surface area contributed by atoms with Crippen LogP contribution in [0.1, 0.15) is 10.8 Å². The number of nitrogens with zero attached hydrogens (tertiary/aromatic N) is 2. The summed E-state index contributed by atoms with van der Waals surface area (Å²) in [6.45, 7) is 1.39. The van der Waals surface area contributed by atoms with Crippen LogP contribution in [0.5, 0.6) is 0 Å². The van der Waals surface area contributed by atoms with E-state index in [0.717, 1.165) is 10.6 Å². The van der Waals surface area contributed by atoms with E-state index in [9.17, 15) is 4.79 Å². The molecule has 7 nitrogen and oxygen atoms in total. The number of hydrogen-bond donors (Lipinski definition) is 2. The third-order valence-corrected chi connectivity index (χ3v) is 5.82. The van der Waals surface area contributed by atoms with Gasteiger partial charge in [-0.2, -0.15) is 0 Å². The number of amides is 1. The SMILES string of the molecule is C#CCN(C)CC(=O)N1CC(c2ccc(Cl)cc2)Sc2ccccc21.O=C(O)C(=O)O. The molecule has 1 heterocycles. The van der Waals surface area contributed by atoms with E-state index in [1.165, 1.54) is 5.56 Å². The Morgan fingerprint density at radius 3 is 2.35 bits per heavy atom. The van der Waals surface area contributed by atoms with Crippen molar-refractivity contribution in [2.45, 2.75) is 10.1 Å². The lowest BCUT2D eigenvalue weighted by Crippen LogP contribution is -2.42. The Kier molecular flexibility index (Phi) is 8.94. The van der Waals surface area contributed by atoms with Gasteiger partial charge in [-0.15, -0.1) is 18.2 Å². The molecule has 1 unspecified atom stereocenters. The van der Waals surface area contributed by atoms with E-state index in [1.54, 1.807) is 11.8 Å². The molecule has 9 heteroatoms. The topological polar surface area (TPSA) is 98.2 Å². The zero-order chi connectivity index (χ0) is 23.0. The zero-order valence-electron chi connectivity index (χ0n) is 16.7. The number of rotatable bonds is 4. The smallest absolute Gasteiger partial charge is 0.414 e. The van der Waals surface area contributed by atoms with Crippen molar-refractivity contribution < 1.29 is 24.6 Å². The molecule has 0 bridgehead atoms. The summed E-state index contributed by atoms with van der Waals surface area (Å²) >= 11 is 7.79. The van der Waals surface area contributed by atoms with Crippen molar-refractivity contribution in [1.29, 1.82) is 0 Å². The fraction of sp³-hybridized carbons (Fsp3) is 0.227. The number of likely N-dealkylation sites (N-methyl/N-ethyl adjacent to an activating group) is 1. The Hall–Kier alpha value is -2.99. The van der Waals surface area contributed by atoms with Gasteiger partial charge in [-0.1, -0.05) is 41.8 Å². The molecule has 2 N–H and O–H groups in total. The van der Waals surface area contributed by atoms with Crippen LogP contribution in [0.2, 0.25) is 5.02 Å². The van der Waals surface area contributed by atoms with Crippen molar-refractivity contribution in [3.05, 3.63) is 59.1 Å². The minimum absolute atomic E-state index is 0.0597. The highest BCUT2D eigenvalue weighted by atomic mass is 35.5. The van der Waals surface area contributed by atoms with E-state index in [2.05, 4.69) is 12.0 Å². The lowest BCUT2D eigenvalue weighted by atomic mass is 10.1. The maximum Gasteiger partial charge on any atom is 0.414 e. The van der Waals surface area contributed by atoms with E-state index < -0.39 is 11.9 Å². The van der Waals surface area contributed by atoms with Gasteiger partial charge in [0.05, 0.1) is 24.0 Å². The Labute approximate surface area is 189 Å². The number of carbonyl (C=O) groups is 3. The van der Waals surface area contributed by atoms with Crippen LogP contribution in [0.15, 0.2) is 53.4 Å². The summed E-state index contributed by atoms with van der Waals surface area (Å²) in [6.07, 6.45) is 5.34. The quantitative estimate of drug-likeness (QED) is 0.533. The second-order valence-corrected chi connectivity index (χ2v) is 8.30. The van der Waals surface area contributed by atoms with Crippen molar-refractivity contribution in [1.82, 2.24) is 4.90 Å². The number of anilines is 1. The Morgan fingerprint density at radius 2 is 1.77 bits per heavy atom. The molecule has 31 heavy (non-hydrogen) atoms. The monoisotopic (exact) mass is 460 g/mol. The fourth-order valence-electron chi connectivity index (χ4n) is 2.85. The molecule has 0 radical (unpaired) electrons. The maximum atomic E-state index is 12.9. The van der Waals surface area contributed by atoms with Gasteiger partial charge in [0.25, 0.3) is 0 Å². The van der Waals surface area contributed by atoms with Crippen LogP contribution in [0.3, 0.4) is 0 Å². The van der Waals surface area contributed by atoms with Gasteiger partial charge in [0, 0.05) is 16.5 Å². The summed E-state index contributed by atoms with van der Waals surface area (Å²) < 4.78 is 0. The van der Waals surface area contributed by atoms with Gasteiger partial charge < -0.3 is 15.1 Å². The average Bonchev–Trinajstić information content (AvgIpc) is 2.74. The van der Waals surface area contributed by atoms with Gasteiger partial charge in [-0.25, -0.2) is 9.59 Å². The number of terminal acetylenes is 1. The minimum Gasteiger partial charge on any atom is -0.473 e. The highest BCUT2D eigenvalue weighted by Gasteiger charge is 2.30. The maximum absolute atomic E-state index is 12.9. The fourth-order valence-corrected chi connectivity index (χ4v) is 4.26. The molecule has 0 aliphatic carbocycles. The molecular weight excluding hydrogens is 440 g/mol. The van der Waals surface area contributed by atoms with Crippen LogP contribution in [0, 0.1) is 12.3 Å². The first-order valence-corrected chi connectivity index (χ1v) is 10.4. The first-order valence-electron chi connectivity index (χ1n) is 9.12. The molecule has 2 aromatic carbocycles. The van der Waals surface area contributed by atoms with Crippen LogP contribution < -0.4 is 4.90 Å². The molecule has 1 amide bonds. The predicted molar refractivity (Wildman–Crippen MR) is 120 cm³/mol. The number of carboxylic acids is 2. The number of para-hydroxylation sites is 1. The summed E-state index contributed by atoms with van der Waals surface area (Å²) in [4.78, 5) is 35.9. The van der Waals surface area contributed by atoms with Crippen LogP contribution >= 0.6 is 23.4 Å². The molecule has 0 spiro atoms. The van der Waals surface area contributed by atoms with Crippen LogP contribution in [0.4, 0.5) is 5.69 Å². The number of thioether (sulfide) groups is 1. The summed E-state index contributed by atoms with van der Waals surface area (Å²) in [6, 6.07) is 15.9. The van der Waals surface area contributed by atoms with Gasteiger partial charge in [0.15, 0.2) is 0 Å². The Balaban J connectivity index is 0.000000501. The molecule has 3 rings (SSSR count). The molecule has 0 saturated heterocycles. The minimum atomic E-state index is -1.82. The third kappa shape index (κ3) is 7.03. The van der Waals surface area contributed by atoms with Crippen molar-refractivity contribution in [3.8, 4) is 12.3 Å². The lowest BCUT2D eigenvalue weighted by molar-refractivity contribution is -0.159. The van der Waals surface area contributed by atoms with E-state index in [-0.39, 0.29) is 11.2 Å². The molecular formula is C22H21ClN2O5S. The van der Waals surface area contributed by atoms with E-state index in [0.29, 0.717) is 24.7 Å². The number of benzene rings is 2. The third-order valence-electron chi connectivity index (χ3n) is 4.27. The first-order chi connectivity index (χ1) is 14.7. The normalized spacial score (nSPS) is 14.6. The van der Waals surface area contributed by atoms with E-state index in [4.69, 9.17) is 37.8 Å². The molecule has 2 aromatic rings. The van der Waals surface area contributed by atoms with Crippen LogP contribution in [0.25, 0.3) is 0 Å². The molecule has 0 aromatic heterocycles. The summed E-state index contributed by atoms with van der Waals surface area (Å²) in [7, 11) is 1.86. The zero-order valence-corrected chi connectivity index (χ0v) is 18.3.